The number of ether oxygens (including phenoxy) is 2. The Morgan fingerprint density at radius 1 is 1.18 bits per heavy atom. The molecule has 3 nitrogen and oxygen atoms in total. The number of para-hydroxylation sites is 1. The maximum atomic E-state index is 6.39. The molecular weight excluding hydrogens is 214 g/mol. The second-order valence-corrected chi connectivity index (χ2v) is 5.61. The molecule has 0 spiro atoms. The maximum Gasteiger partial charge on any atom is 0.165 e. The molecular formula is C14H19NO2. The Kier molecular flexibility index (Phi) is 2.17. The van der Waals surface area contributed by atoms with Crippen molar-refractivity contribution in [3.63, 3.8) is 0 Å². The first-order valence-corrected chi connectivity index (χ1v) is 6.23. The molecule has 3 rings (SSSR count). The van der Waals surface area contributed by atoms with Gasteiger partial charge >= 0.3 is 0 Å². The number of rotatable bonds is 2. The molecule has 1 fully saturated rings. The summed E-state index contributed by atoms with van der Waals surface area (Å²) in [6, 6.07) is 6.10. The molecule has 17 heavy (non-hydrogen) atoms. The van der Waals surface area contributed by atoms with E-state index in [0.717, 1.165) is 24.3 Å². The van der Waals surface area contributed by atoms with Gasteiger partial charge < -0.3 is 15.2 Å². The molecule has 0 aromatic heterocycles. The Balaban J connectivity index is 2.08. The van der Waals surface area contributed by atoms with E-state index in [9.17, 15) is 0 Å². The van der Waals surface area contributed by atoms with E-state index in [2.05, 4.69) is 19.9 Å². The zero-order chi connectivity index (χ0) is 12.1. The first-order chi connectivity index (χ1) is 8.05. The molecule has 1 aromatic rings. The van der Waals surface area contributed by atoms with Crippen molar-refractivity contribution < 1.29 is 9.47 Å². The Morgan fingerprint density at radius 3 is 2.59 bits per heavy atom. The largest absolute Gasteiger partial charge is 0.486 e. The van der Waals surface area contributed by atoms with E-state index in [0.29, 0.717) is 13.2 Å². The van der Waals surface area contributed by atoms with Crippen LogP contribution < -0.4 is 15.2 Å². The van der Waals surface area contributed by atoms with Crippen molar-refractivity contribution in [2.75, 3.05) is 13.2 Å². The van der Waals surface area contributed by atoms with Crippen molar-refractivity contribution >= 4 is 0 Å². The monoisotopic (exact) mass is 233 g/mol. The third-order valence-electron chi connectivity index (χ3n) is 4.27. The Labute approximate surface area is 102 Å². The topological polar surface area (TPSA) is 44.5 Å². The van der Waals surface area contributed by atoms with Crippen LogP contribution >= 0.6 is 0 Å². The number of nitrogens with two attached hydrogens (primary N) is 1. The van der Waals surface area contributed by atoms with Gasteiger partial charge in [0.15, 0.2) is 11.5 Å². The molecule has 0 saturated heterocycles. The van der Waals surface area contributed by atoms with Crippen LogP contribution in [0.1, 0.15) is 32.3 Å². The first-order valence-electron chi connectivity index (χ1n) is 6.23. The van der Waals surface area contributed by atoms with Crippen LogP contribution in [0.4, 0.5) is 0 Å². The normalized spacial score (nSPS) is 21.1. The highest BCUT2D eigenvalue weighted by Gasteiger charge is 2.53. The summed E-state index contributed by atoms with van der Waals surface area (Å²) in [5, 5.41) is 0. The molecule has 0 atom stereocenters. The average Bonchev–Trinajstić information content (AvgIpc) is 3.08. The van der Waals surface area contributed by atoms with Gasteiger partial charge in [-0.3, -0.25) is 0 Å². The average molecular weight is 233 g/mol. The molecule has 2 N–H and O–H groups in total. The van der Waals surface area contributed by atoms with Gasteiger partial charge in [-0.25, -0.2) is 0 Å². The lowest BCUT2D eigenvalue weighted by molar-refractivity contribution is 0.166. The molecule has 0 amide bonds. The van der Waals surface area contributed by atoms with E-state index < -0.39 is 0 Å². The van der Waals surface area contributed by atoms with Crippen molar-refractivity contribution in [2.45, 2.75) is 37.6 Å². The molecule has 0 radical (unpaired) electrons. The summed E-state index contributed by atoms with van der Waals surface area (Å²) in [7, 11) is 0. The van der Waals surface area contributed by atoms with Crippen LogP contribution in [0.15, 0.2) is 18.2 Å². The quantitative estimate of drug-likeness (QED) is 0.852. The molecule has 3 heteroatoms. The number of hydrogen-bond donors (Lipinski definition) is 1. The molecule has 1 aromatic carbocycles. The van der Waals surface area contributed by atoms with Gasteiger partial charge in [-0.05, 0) is 18.9 Å². The highest BCUT2D eigenvalue weighted by atomic mass is 16.6. The molecule has 0 bridgehead atoms. The van der Waals surface area contributed by atoms with Crippen molar-refractivity contribution in [1.82, 2.24) is 0 Å². The van der Waals surface area contributed by atoms with Gasteiger partial charge in [-0.15, -0.1) is 0 Å². The minimum Gasteiger partial charge on any atom is -0.486 e. The van der Waals surface area contributed by atoms with Crippen LogP contribution in [-0.2, 0) is 5.41 Å². The van der Waals surface area contributed by atoms with E-state index in [4.69, 9.17) is 15.2 Å². The van der Waals surface area contributed by atoms with Gasteiger partial charge in [-0.1, -0.05) is 26.0 Å². The van der Waals surface area contributed by atoms with E-state index in [-0.39, 0.29) is 11.0 Å². The molecule has 0 unspecified atom stereocenters. The minimum atomic E-state index is -0.0804. The van der Waals surface area contributed by atoms with Crippen molar-refractivity contribution in [2.24, 2.45) is 5.73 Å². The van der Waals surface area contributed by atoms with Crippen molar-refractivity contribution in [1.29, 1.82) is 0 Å². The third-order valence-corrected chi connectivity index (χ3v) is 4.27. The van der Waals surface area contributed by atoms with Gasteiger partial charge in [-0.2, -0.15) is 0 Å². The lowest BCUT2D eigenvalue weighted by Gasteiger charge is -2.35. The summed E-state index contributed by atoms with van der Waals surface area (Å²) in [5.74, 6) is 1.74. The Bertz CT molecular complexity index is 450. The minimum absolute atomic E-state index is 0.0704. The zero-order valence-electron chi connectivity index (χ0n) is 10.5. The summed E-state index contributed by atoms with van der Waals surface area (Å²) in [4.78, 5) is 0. The number of hydrogen-bond acceptors (Lipinski definition) is 3. The summed E-state index contributed by atoms with van der Waals surface area (Å²) in [6.45, 7) is 5.66. The molecule has 92 valence electrons. The summed E-state index contributed by atoms with van der Waals surface area (Å²) in [6.07, 6.45) is 2.18. The fraction of sp³-hybridized carbons (Fsp3) is 0.571. The molecule has 1 aliphatic carbocycles. The van der Waals surface area contributed by atoms with Crippen LogP contribution in [0, 0.1) is 0 Å². The lowest BCUT2D eigenvalue weighted by Crippen LogP contribution is -2.43. The third kappa shape index (κ3) is 1.53. The fourth-order valence-electron chi connectivity index (χ4n) is 2.59. The zero-order valence-corrected chi connectivity index (χ0v) is 10.5. The van der Waals surface area contributed by atoms with Crippen LogP contribution in [0.2, 0.25) is 0 Å². The lowest BCUT2D eigenvalue weighted by atomic mass is 9.75. The van der Waals surface area contributed by atoms with Crippen LogP contribution in [0.5, 0.6) is 11.5 Å². The molecule has 2 aliphatic rings. The van der Waals surface area contributed by atoms with Crippen LogP contribution in [0.25, 0.3) is 0 Å². The predicted octanol–water partition coefficient (Wildman–Crippen LogP) is 2.23. The van der Waals surface area contributed by atoms with Crippen molar-refractivity contribution in [3.8, 4) is 11.5 Å². The van der Waals surface area contributed by atoms with Crippen LogP contribution in [0.3, 0.4) is 0 Å². The SMILES string of the molecule is CC(C)(c1cccc2c1OCCO2)C1(N)CC1. The Hall–Kier alpha value is -1.22. The maximum absolute atomic E-state index is 6.39. The second kappa shape index (κ2) is 3.39. The number of fused-ring (bicyclic) bond motifs is 1. The van der Waals surface area contributed by atoms with Gasteiger partial charge in [0.05, 0.1) is 0 Å². The van der Waals surface area contributed by atoms with Gasteiger partial charge in [0.25, 0.3) is 0 Å². The highest BCUT2D eigenvalue weighted by Crippen LogP contribution is 2.52. The first kappa shape index (κ1) is 10.9. The summed E-state index contributed by atoms with van der Waals surface area (Å²) >= 11 is 0. The van der Waals surface area contributed by atoms with E-state index >= 15 is 0 Å². The number of benzene rings is 1. The molecule has 1 saturated carbocycles. The fourth-order valence-corrected chi connectivity index (χ4v) is 2.59. The van der Waals surface area contributed by atoms with Gasteiger partial charge in [0.2, 0.25) is 0 Å². The van der Waals surface area contributed by atoms with E-state index in [1.807, 2.05) is 12.1 Å². The molecule has 1 heterocycles. The Morgan fingerprint density at radius 2 is 1.88 bits per heavy atom. The van der Waals surface area contributed by atoms with Crippen molar-refractivity contribution in [3.05, 3.63) is 23.8 Å². The van der Waals surface area contributed by atoms with E-state index in [1.54, 1.807) is 0 Å². The second-order valence-electron chi connectivity index (χ2n) is 5.61. The smallest absolute Gasteiger partial charge is 0.165 e. The van der Waals surface area contributed by atoms with Crippen LogP contribution in [-0.4, -0.2) is 18.8 Å². The van der Waals surface area contributed by atoms with Gasteiger partial charge in [0, 0.05) is 16.5 Å². The molecule has 1 aliphatic heterocycles. The standard InChI is InChI=1S/C14H19NO2/c1-13(2,14(15)6-7-14)10-4-3-5-11-12(10)17-9-8-16-11/h3-5H,6-9,15H2,1-2H3. The van der Waals surface area contributed by atoms with E-state index in [1.165, 1.54) is 5.56 Å². The van der Waals surface area contributed by atoms with Gasteiger partial charge in [0.1, 0.15) is 13.2 Å². The summed E-state index contributed by atoms with van der Waals surface area (Å²) < 4.78 is 11.4. The summed E-state index contributed by atoms with van der Waals surface area (Å²) in [5.41, 5.74) is 7.42. The predicted molar refractivity (Wildman–Crippen MR) is 66.6 cm³/mol. The highest BCUT2D eigenvalue weighted by molar-refractivity contribution is 5.52.